The second-order valence-corrected chi connectivity index (χ2v) is 32.4. The number of nitrogens with zero attached hydrogens (tertiary/aromatic N) is 3. The highest BCUT2D eigenvalue weighted by Crippen LogP contribution is 2.76. The van der Waals surface area contributed by atoms with Crippen molar-refractivity contribution >= 4 is 23.9 Å². The first kappa shape index (κ1) is 65.7. The number of aliphatic hydroxyl groups excluding tert-OH is 4. The maximum Gasteiger partial charge on any atom is 0.331 e. The summed E-state index contributed by atoms with van der Waals surface area (Å²) in [5.74, 6) is -6.14. The molecule has 14 N–H and O–H groups in total. The van der Waals surface area contributed by atoms with Gasteiger partial charge in [-0.05, 0) is 236 Å². The lowest BCUT2D eigenvalue weighted by atomic mass is 9.36. The number of carbonyl (C=O) groups excluding carboxylic acids is 2. The van der Waals surface area contributed by atoms with Crippen molar-refractivity contribution in [3.63, 3.8) is 0 Å². The van der Waals surface area contributed by atoms with Crippen molar-refractivity contribution < 1.29 is 59.3 Å². The number of carboxylic acid groups (broad SMARTS) is 2. The molecule has 11 aliphatic rings. The van der Waals surface area contributed by atoms with Crippen molar-refractivity contribution in [1.29, 1.82) is 0 Å². The standard InChI is InChI=1S/C71H107N7O12/c1-35(2)40-15-12-16-41(27-40)55(63(85)86)58-47-30-52(84)62-66(7)23-21-49(81)36(3)71(66,26-25-70(62,75)68(47,9)32-54(58)90-38(5)80)78-33-48(76-77-78)59(73)43-18-17-42(28-44(43)39-13-10-11-14-39)56(64(87)88)57-46-29-51(83)61-65(6)22-20-50(82)60(74)45(65)19-24-69(61,34-72)67(46,8)31-53(57)89-37(4)79/h33,36,41-43,45-47,49-54,59-62,81-84H,10-32,34,72-75H2,1-9H3,(H,85,86)(H,87,88)/b57-56-,58-55-/t36-,41?,42?,43?,45+,46+,47+,49-,50-,51-,52-,53+,54+,59?,60+,61+,62+,65+,66-,67+,68+,69-,70-,71-/m1/s1. The van der Waals surface area contributed by atoms with Crippen LogP contribution in [0.4, 0.5) is 0 Å². The van der Waals surface area contributed by atoms with Crippen LogP contribution in [0.2, 0.25) is 0 Å². The summed E-state index contributed by atoms with van der Waals surface area (Å²) < 4.78 is 14.4. The molecule has 0 aliphatic heterocycles. The molecule has 0 bridgehead atoms. The molecule has 19 heteroatoms. The van der Waals surface area contributed by atoms with Gasteiger partial charge in [-0.2, -0.15) is 0 Å². The van der Waals surface area contributed by atoms with Gasteiger partial charge in [-0.3, -0.25) is 9.59 Å². The molecule has 19 nitrogen and oxygen atoms in total. The lowest BCUT2D eigenvalue weighted by molar-refractivity contribution is -0.237. The van der Waals surface area contributed by atoms with Crippen molar-refractivity contribution in [2.45, 2.75) is 270 Å². The van der Waals surface area contributed by atoms with E-state index in [9.17, 15) is 49.8 Å². The molecule has 90 heavy (non-hydrogen) atoms. The van der Waals surface area contributed by atoms with E-state index in [4.69, 9.17) is 42.7 Å². The van der Waals surface area contributed by atoms with Gasteiger partial charge >= 0.3 is 23.9 Å². The molecule has 11 fully saturated rings. The van der Waals surface area contributed by atoms with E-state index in [1.165, 1.54) is 30.6 Å². The summed E-state index contributed by atoms with van der Waals surface area (Å²) >= 11 is 0. The summed E-state index contributed by atoms with van der Waals surface area (Å²) in [6.45, 7) is 18.0. The van der Waals surface area contributed by atoms with Crippen LogP contribution >= 0.6 is 0 Å². The Balaban J connectivity index is 0.876. The van der Waals surface area contributed by atoms with Crippen LogP contribution in [0.1, 0.15) is 222 Å². The summed E-state index contributed by atoms with van der Waals surface area (Å²) in [4.78, 5) is 54.4. The van der Waals surface area contributed by atoms with Crippen molar-refractivity contribution in [3.05, 3.63) is 56.5 Å². The normalized spacial score (nSPS) is 47.1. The molecular weight excluding hydrogens is 1140 g/mol. The number of hydrogen-bond acceptors (Lipinski definition) is 16. The summed E-state index contributed by atoms with van der Waals surface area (Å²) in [6.07, 6.45) is 11.1. The van der Waals surface area contributed by atoms with E-state index in [2.05, 4.69) is 48.5 Å². The molecule has 1 heterocycles. The Morgan fingerprint density at radius 2 is 1.28 bits per heavy atom. The lowest BCUT2D eigenvalue weighted by Crippen LogP contribution is -2.78. The Morgan fingerprint density at radius 3 is 1.88 bits per heavy atom. The summed E-state index contributed by atoms with van der Waals surface area (Å²) in [7, 11) is 0. The number of carboxylic acids is 2. The van der Waals surface area contributed by atoms with E-state index in [0.29, 0.717) is 125 Å². The first-order valence-electron chi connectivity index (χ1n) is 34.7. The number of hydrogen-bond donors (Lipinski definition) is 10. The quantitative estimate of drug-likeness (QED) is 0.0597. The van der Waals surface area contributed by atoms with E-state index in [0.717, 1.165) is 44.1 Å². The molecule has 24 atom stereocenters. The second kappa shape index (κ2) is 23.2. The fourth-order valence-electron chi connectivity index (χ4n) is 24.6. The monoisotopic (exact) mass is 1250 g/mol. The molecule has 11 aliphatic carbocycles. The van der Waals surface area contributed by atoms with Crippen LogP contribution in [0.5, 0.6) is 0 Å². The number of aromatic nitrogens is 3. The van der Waals surface area contributed by atoms with Crippen molar-refractivity contribution in [1.82, 2.24) is 15.0 Å². The molecule has 11 saturated carbocycles. The minimum atomic E-state index is -1.07. The second-order valence-electron chi connectivity index (χ2n) is 32.4. The van der Waals surface area contributed by atoms with Crippen LogP contribution in [0.15, 0.2) is 50.8 Å². The molecule has 12 rings (SSSR count). The molecular formula is C71H107N7O12. The maximum atomic E-state index is 14.4. The van der Waals surface area contributed by atoms with Gasteiger partial charge in [-0.15, -0.1) is 5.10 Å². The average molecular weight is 1250 g/mol. The third-order valence-corrected chi connectivity index (χ3v) is 28.7. The number of fused-ring (bicyclic) bond motifs is 10. The predicted octanol–water partition coefficient (Wildman–Crippen LogP) is 8.36. The summed E-state index contributed by atoms with van der Waals surface area (Å²) in [5, 5.41) is 81.9. The van der Waals surface area contributed by atoms with Crippen molar-refractivity contribution in [2.75, 3.05) is 6.54 Å². The number of carbonyl (C=O) groups is 4. The molecule has 498 valence electrons. The molecule has 4 unspecified atom stereocenters. The number of rotatable bonds is 10. The molecule has 0 aromatic carbocycles. The van der Waals surface area contributed by atoms with E-state index < -0.39 is 134 Å². The number of nitrogens with two attached hydrogens (primary N) is 4. The molecule has 0 radical (unpaired) electrons. The Labute approximate surface area is 532 Å². The fraction of sp³-hybridized carbons (Fsp3) is 0.803. The molecule has 1 aromatic heterocycles. The Hall–Kier alpha value is -4.34. The molecule has 0 spiro atoms. The summed E-state index contributed by atoms with van der Waals surface area (Å²) in [6, 6.07) is -1.07. The first-order chi connectivity index (χ1) is 42.4. The summed E-state index contributed by atoms with van der Waals surface area (Å²) in [5.41, 5.74) is 31.5. The van der Waals surface area contributed by atoms with Crippen LogP contribution in [-0.2, 0) is 34.2 Å². The number of aliphatic carboxylic acids is 2. The van der Waals surface area contributed by atoms with Gasteiger partial charge in [0.05, 0.1) is 42.2 Å². The highest BCUT2D eigenvalue weighted by Gasteiger charge is 2.77. The lowest BCUT2D eigenvalue weighted by Gasteiger charge is -2.71. The topological polar surface area (TPSA) is 343 Å². The molecule has 0 amide bonds. The largest absolute Gasteiger partial charge is 0.478 e. The van der Waals surface area contributed by atoms with Crippen LogP contribution in [0.3, 0.4) is 0 Å². The van der Waals surface area contributed by atoms with E-state index in [1.54, 1.807) is 0 Å². The van der Waals surface area contributed by atoms with Crippen LogP contribution in [0.25, 0.3) is 0 Å². The van der Waals surface area contributed by atoms with Gasteiger partial charge < -0.3 is 63.0 Å². The Morgan fingerprint density at radius 1 is 0.689 bits per heavy atom. The van der Waals surface area contributed by atoms with Crippen LogP contribution in [-0.4, -0.2) is 124 Å². The van der Waals surface area contributed by atoms with Crippen LogP contribution in [0, 0.1) is 80.3 Å². The first-order valence-corrected chi connectivity index (χ1v) is 34.7. The molecule has 0 saturated heterocycles. The van der Waals surface area contributed by atoms with Gasteiger partial charge in [-0.25, -0.2) is 14.3 Å². The number of allylic oxidation sites excluding steroid dienone is 3. The number of ether oxygens (including phenoxy) is 2. The average Bonchev–Trinajstić information content (AvgIpc) is 1.27. The van der Waals surface area contributed by atoms with Crippen molar-refractivity contribution in [2.24, 2.45) is 103 Å². The van der Waals surface area contributed by atoms with E-state index >= 15 is 0 Å². The van der Waals surface area contributed by atoms with Gasteiger partial charge in [0.2, 0.25) is 0 Å². The van der Waals surface area contributed by atoms with Crippen LogP contribution < -0.4 is 22.9 Å². The third-order valence-electron chi connectivity index (χ3n) is 28.7. The molecule has 1 aromatic rings. The van der Waals surface area contributed by atoms with Gasteiger partial charge in [0.1, 0.15) is 17.9 Å². The Kier molecular flexibility index (Phi) is 17.0. The Bertz CT molecular complexity index is 3180. The number of aliphatic hydroxyl groups is 4. The maximum absolute atomic E-state index is 14.4. The van der Waals surface area contributed by atoms with Gasteiger partial charge in [0, 0.05) is 59.7 Å². The van der Waals surface area contributed by atoms with E-state index in [-0.39, 0.29) is 48.1 Å². The minimum absolute atomic E-state index is 0.0238. The SMILES string of the molecule is CC(=O)O[C@H]1C[C@@]2(C)[C@@H](C[C@@H](O)[C@H]3[C@@]4(C)CC[C@@H](O)[C@@H](N)[C@@H]4CC[C@@]32CN)/C1=C(/C(=O)O)C1CCC(C(N)c2cn([C@@]34CC[C@@]5(N)[C@@H]([C@H](O)C[C@H]6/C(=C(/C(=O)O)C7CCCC(=C(C)C)C7)[C@@H](OC(C)=O)C[C@@]65C)[C@@]3(C)CC[C@@H](O)[C@H]4C)nn2)C(=C2CCCC2)C1. The van der Waals surface area contributed by atoms with Gasteiger partial charge in [0.25, 0.3) is 0 Å². The zero-order chi connectivity index (χ0) is 64.9. The van der Waals surface area contributed by atoms with Crippen molar-refractivity contribution in [3.8, 4) is 0 Å². The zero-order valence-corrected chi connectivity index (χ0v) is 55.1. The zero-order valence-electron chi connectivity index (χ0n) is 55.1. The predicted molar refractivity (Wildman–Crippen MR) is 337 cm³/mol. The van der Waals surface area contributed by atoms with Gasteiger partial charge in [-0.1, -0.05) is 62.1 Å². The third kappa shape index (κ3) is 9.47. The van der Waals surface area contributed by atoms with Gasteiger partial charge in [0.15, 0.2) is 0 Å². The highest BCUT2D eigenvalue weighted by molar-refractivity contribution is 5.90. The smallest absolute Gasteiger partial charge is 0.331 e. The number of esters is 2. The highest BCUT2D eigenvalue weighted by atomic mass is 16.5. The van der Waals surface area contributed by atoms with E-state index in [1.807, 2.05) is 10.9 Å². The fourth-order valence-corrected chi connectivity index (χ4v) is 24.6. The minimum Gasteiger partial charge on any atom is -0.478 e.